The molecule has 0 heterocycles. The minimum absolute atomic E-state index is 0.131. The van der Waals surface area contributed by atoms with Gasteiger partial charge < -0.3 is 10.1 Å². The highest BCUT2D eigenvalue weighted by molar-refractivity contribution is 6.33. The number of benzene rings is 2. The van der Waals surface area contributed by atoms with Gasteiger partial charge in [-0.25, -0.2) is 0 Å². The fraction of sp³-hybridized carbons (Fsp3) is 0.316. The van der Waals surface area contributed by atoms with E-state index in [9.17, 15) is 4.79 Å². The number of hydrogen-bond donors (Lipinski definition) is 1. The Morgan fingerprint density at radius 3 is 2.74 bits per heavy atom. The molecule has 0 aliphatic carbocycles. The summed E-state index contributed by atoms with van der Waals surface area (Å²) in [6.45, 7) is 5.18. The monoisotopic (exact) mass is 331 g/mol. The number of amides is 1. The van der Waals surface area contributed by atoms with Crippen LogP contribution in [0.4, 0.5) is 0 Å². The number of carbonyl (C=O) groups excluding carboxylic acids is 1. The molecule has 122 valence electrons. The molecule has 0 atom stereocenters. The van der Waals surface area contributed by atoms with Crippen molar-refractivity contribution < 1.29 is 9.53 Å². The van der Waals surface area contributed by atoms with Crippen LogP contribution in [0.1, 0.15) is 34.8 Å². The first-order chi connectivity index (χ1) is 11.1. The predicted molar refractivity (Wildman–Crippen MR) is 94.5 cm³/mol. The number of para-hydroxylation sites is 1. The van der Waals surface area contributed by atoms with Gasteiger partial charge in [-0.2, -0.15) is 0 Å². The first-order valence-corrected chi connectivity index (χ1v) is 8.24. The number of rotatable bonds is 7. The lowest BCUT2D eigenvalue weighted by Gasteiger charge is -2.10. The molecule has 0 aliphatic rings. The van der Waals surface area contributed by atoms with Crippen LogP contribution >= 0.6 is 11.6 Å². The number of ether oxygens (including phenoxy) is 1. The molecule has 0 aliphatic heterocycles. The molecule has 0 saturated carbocycles. The highest BCUT2D eigenvalue weighted by atomic mass is 35.5. The molecular weight excluding hydrogens is 310 g/mol. The van der Waals surface area contributed by atoms with E-state index < -0.39 is 0 Å². The van der Waals surface area contributed by atoms with E-state index in [0.717, 1.165) is 29.7 Å². The summed E-state index contributed by atoms with van der Waals surface area (Å²) in [5.74, 6) is 0.788. The van der Waals surface area contributed by atoms with E-state index in [0.29, 0.717) is 23.7 Å². The second kappa shape index (κ2) is 8.59. The zero-order chi connectivity index (χ0) is 16.7. The van der Waals surface area contributed by atoms with Gasteiger partial charge in [0.15, 0.2) is 0 Å². The summed E-state index contributed by atoms with van der Waals surface area (Å²) in [7, 11) is 0. The van der Waals surface area contributed by atoms with Gasteiger partial charge in [-0.1, -0.05) is 35.9 Å². The van der Waals surface area contributed by atoms with Gasteiger partial charge >= 0.3 is 0 Å². The number of halogens is 1. The van der Waals surface area contributed by atoms with Gasteiger partial charge in [0, 0.05) is 6.54 Å². The molecule has 1 amide bonds. The van der Waals surface area contributed by atoms with Crippen LogP contribution < -0.4 is 10.1 Å². The highest BCUT2D eigenvalue weighted by Gasteiger charge is 2.09. The van der Waals surface area contributed by atoms with Gasteiger partial charge in [0.25, 0.3) is 5.91 Å². The number of carbonyl (C=O) groups is 1. The zero-order valence-electron chi connectivity index (χ0n) is 13.6. The van der Waals surface area contributed by atoms with E-state index >= 15 is 0 Å². The molecule has 0 radical (unpaired) electrons. The largest absolute Gasteiger partial charge is 0.494 e. The van der Waals surface area contributed by atoms with Crippen LogP contribution in [0.5, 0.6) is 5.75 Å². The van der Waals surface area contributed by atoms with E-state index in [2.05, 4.69) is 11.4 Å². The minimum Gasteiger partial charge on any atom is -0.494 e. The Balaban J connectivity index is 1.84. The van der Waals surface area contributed by atoms with Crippen molar-refractivity contribution in [2.45, 2.75) is 26.7 Å². The molecule has 1 N–H and O–H groups in total. The van der Waals surface area contributed by atoms with Crippen LogP contribution in [0, 0.1) is 6.92 Å². The van der Waals surface area contributed by atoms with Crippen molar-refractivity contribution in [3.8, 4) is 5.75 Å². The van der Waals surface area contributed by atoms with Crippen molar-refractivity contribution in [3.63, 3.8) is 0 Å². The van der Waals surface area contributed by atoms with Crippen molar-refractivity contribution >= 4 is 17.5 Å². The Hall–Kier alpha value is -2.00. The lowest BCUT2D eigenvalue weighted by Crippen LogP contribution is -2.25. The van der Waals surface area contributed by atoms with Gasteiger partial charge in [-0.05, 0) is 56.0 Å². The zero-order valence-corrected chi connectivity index (χ0v) is 14.3. The Morgan fingerprint density at radius 1 is 1.22 bits per heavy atom. The van der Waals surface area contributed by atoms with Crippen molar-refractivity contribution in [2.24, 2.45) is 0 Å². The van der Waals surface area contributed by atoms with E-state index in [1.165, 1.54) is 0 Å². The van der Waals surface area contributed by atoms with Crippen LogP contribution in [0.3, 0.4) is 0 Å². The predicted octanol–water partition coefficient (Wildman–Crippen LogP) is 4.41. The molecule has 2 rings (SSSR count). The van der Waals surface area contributed by atoms with Gasteiger partial charge in [0.05, 0.1) is 17.2 Å². The summed E-state index contributed by atoms with van der Waals surface area (Å²) in [5, 5.41) is 3.41. The third-order valence-corrected chi connectivity index (χ3v) is 3.86. The average Bonchev–Trinajstić information content (AvgIpc) is 2.53. The molecule has 23 heavy (non-hydrogen) atoms. The fourth-order valence-electron chi connectivity index (χ4n) is 2.39. The smallest absolute Gasteiger partial charge is 0.252 e. The summed E-state index contributed by atoms with van der Waals surface area (Å²) in [4.78, 5) is 12.1. The van der Waals surface area contributed by atoms with E-state index in [4.69, 9.17) is 16.3 Å². The Bertz CT molecular complexity index is 670. The molecule has 0 saturated heterocycles. The third-order valence-electron chi connectivity index (χ3n) is 3.55. The van der Waals surface area contributed by atoms with Gasteiger partial charge in [0.1, 0.15) is 5.75 Å². The molecule has 0 unspecified atom stereocenters. The van der Waals surface area contributed by atoms with Crippen LogP contribution in [0.15, 0.2) is 42.5 Å². The minimum atomic E-state index is -0.131. The topological polar surface area (TPSA) is 38.3 Å². The molecule has 2 aromatic rings. The highest BCUT2D eigenvalue weighted by Crippen LogP contribution is 2.20. The molecule has 0 spiro atoms. The molecule has 0 bridgehead atoms. The molecule has 3 nitrogen and oxygen atoms in total. The van der Waals surface area contributed by atoms with Crippen molar-refractivity contribution in [3.05, 3.63) is 64.2 Å². The standard InChI is InChI=1S/C19H22ClNO2/c1-3-23-18-9-5-4-7-15(18)8-6-12-21-19(22)16-11-10-14(2)13-17(16)20/h4-5,7,9-11,13H,3,6,8,12H2,1-2H3,(H,21,22). The van der Waals surface area contributed by atoms with Crippen LogP contribution in [-0.2, 0) is 6.42 Å². The van der Waals surface area contributed by atoms with Crippen molar-refractivity contribution in [2.75, 3.05) is 13.2 Å². The maximum absolute atomic E-state index is 12.1. The Labute approximate surface area is 142 Å². The summed E-state index contributed by atoms with van der Waals surface area (Å²) in [6.07, 6.45) is 1.71. The second-order valence-electron chi connectivity index (χ2n) is 5.38. The van der Waals surface area contributed by atoms with E-state index in [1.54, 1.807) is 12.1 Å². The lowest BCUT2D eigenvalue weighted by atomic mass is 10.1. The van der Waals surface area contributed by atoms with Crippen LogP contribution in [-0.4, -0.2) is 19.1 Å². The quantitative estimate of drug-likeness (QED) is 0.763. The summed E-state index contributed by atoms with van der Waals surface area (Å²) in [6, 6.07) is 13.5. The molecule has 0 aromatic heterocycles. The average molecular weight is 332 g/mol. The third kappa shape index (κ3) is 5.00. The van der Waals surface area contributed by atoms with Crippen LogP contribution in [0.2, 0.25) is 5.02 Å². The SMILES string of the molecule is CCOc1ccccc1CCCNC(=O)c1ccc(C)cc1Cl. The van der Waals surface area contributed by atoms with Crippen molar-refractivity contribution in [1.82, 2.24) is 5.32 Å². The molecule has 2 aromatic carbocycles. The number of hydrogen-bond acceptors (Lipinski definition) is 2. The van der Waals surface area contributed by atoms with Crippen LogP contribution in [0.25, 0.3) is 0 Å². The lowest BCUT2D eigenvalue weighted by molar-refractivity contribution is 0.0953. The molecule has 4 heteroatoms. The summed E-state index contributed by atoms with van der Waals surface area (Å²) >= 11 is 6.11. The Kier molecular flexibility index (Phi) is 6.48. The van der Waals surface area contributed by atoms with E-state index in [1.807, 2.05) is 38.1 Å². The molecule has 0 fully saturated rings. The first kappa shape index (κ1) is 17.4. The van der Waals surface area contributed by atoms with E-state index in [-0.39, 0.29) is 5.91 Å². The van der Waals surface area contributed by atoms with Gasteiger partial charge in [-0.15, -0.1) is 0 Å². The van der Waals surface area contributed by atoms with Gasteiger partial charge in [-0.3, -0.25) is 4.79 Å². The number of nitrogens with one attached hydrogen (secondary N) is 1. The first-order valence-electron chi connectivity index (χ1n) is 7.87. The summed E-state index contributed by atoms with van der Waals surface area (Å²) < 4.78 is 5.61. The summed E-state index contributed by atoms with van der Waals surface area (Å²) in [5.41, 5.74) is 2.73. The second-order valence-corrected chi connectivity index (χ2v) is 5.79. The maximum Gasteiger partial charge on any atom is 0.252 e. The van der Waals surface area contributed by atoms with Crippen molar-refractivity contribution in [1.29, 1.82) is 0 Å². The number of aryl methyl sites for hydroxylation is 2. The Morgan fingerprint density at radius 2 is 2.00 bits per heavy atom. The van der Waals surface area contributed by atoms with Gasteiger partial charge in [0.2, 0.25) is 0 Å². The normalized spacial score (nSPS) is 10.4. The fourth-order valence-corrected chi connectivity index (χ4v) is 2.71. The molecular formula is C19H22ClNO2. The maximum atomic E-state index is 12.1.